The standard InChI is InChI=1S/C10H14O3/c1-6(2)9-7(10(12)13)4-3-5-8(9)11/h6H,3-5H2,1-2H3,(H,12,13). The zero-order valence-corrected chi connectivity index (χ0v) is 7.96. The first-order valence-electron chi connectivity index (χ1n) is 4.53. The molecule has 0 unspecified atom stereocenters. The number of ketones is 1. The molecule has 0 radical (unpaired) electrons. The highest BCUT2D eigenvalue weighted by atomic mass is 16.4. The lowest BCUT2D eigenvalue weighted by Crippen LogP contribution is -2.20. The Bertz CT molecular complexity index is 274. The monoisotopic (exact) mass is 182 g/mol. The van der Waals surface area contributed by atoms with Crippen molar-refractivity contribution in [2.45, 2.75) is 33.1 Å². The average molecular weight is 182 g/mol. The van der Waals surface area contributed by atoms with Gasteiger partial charge in [0.05, 0.1) is 0 Å². The minimum Gasteiger partial charge on any atom is -0.478 e. The van der Waals surface area contributed by atoms with Crippen LogP contribution in [0.3, 0.4) is 0 Å². The van der Waals surface area contributed by atoms with Gasteiger partial charge in [0.2, 0.25) is 0 Å². The Morgan fingerprint density at radius 3 is 2.38 bits per heavy atom. The van der Waals surface area contributed by atoms with E-state index >= 15 is 0 Å². The first kappa shape index (κ1) is 9.96. The van der Waals surface area contributed by atoms with Gasteiger partial charge < -0.3 is 5.11 Å². The van der Waals surface area contributed by atoms with Crippen molar-refractivity contribution in [1.82, 2.24) is 0 Å². The lowest BCUT2D eigenvalue weighted by molar-refractivity contribution is -0.133. The fourth-order valence-corrected chi connectivity index (χ4v) is 1.76. The summed E-state index contributed by atoms with van der Waals surface area (Å²) in [5.41, 5.74) is 0.852. The Morgan fingerprint density at radius 1 is 1.38 bits per heavy atom. The van der Waals surface area contributed by atoms with E-state index in [1.807, 2.05) is 13.8 Å². The Balaban J connectivity index is 3.11. The summed E-state index contributed by atoms with van der Waals surface area (Å²) in [4.78, 5) is 22.2. The third kappa shape index (κ3) is 1.97. The Hall–Kier alpha value is -1.12. The second-order valence-corrected chi connectivity index (χ2v) is 3.63. The van der Waals surface area contributed by atoms with Gasteiger partial charge in [-0.3, -0.25) is 4.79 Å². The number of carbonyl (C=O) groups excluding carboxylic acids is 1. The van der Waals surface area contributed by atoms with Gasteiger partial charge in [-0.15, -0.1) is 0 Å². The molecular weight excluding hydrogens is 168 g/mol. The van der Waals surface area contributed by atoms with E-state index in [2.05, 4.69) is 0 Å². The number of carboxylic acids is 1. The van der Waals surface area contributed by atoms with Crippen molar-refractivity contribution in [3.05, 3.63) is 11.1 Å². The molecule has 0 aromatic heterocycles. The van der Waals surface area contributed by atoms with Gasteiger partial charge in [0, 0.05) is 17.6 Å². The van der Waals surface area contributed by atoms with E-state index in [1.54, 1.807) is 0 Å². The molecule has 0 saturated carbocycles. The molecule has 1 rings (SSSR count). The molecule has 0 atom stereocenters. The number of carbonyl (C=O) groups is 2. The summed E-state index contributed by atoms with van der Waals surface area (Å²) >= 11 is 0. The number of carboxylic acid groups (broad SMARTS) is 1. The summed E-state index contributed by atoms with van der Waals surface area (Å²) in [7, 11) is 0. The molecule has 0 fully saturated rings. The number of rotatable bonds is 2. The zero-order chi connectivity index (χ0) is 10.0. The van der Waals surface area contributed by atoms with E-state index < -0.39 is 5.97 Å². The van der Waals surface area contributed by atoms with Crippen LogP contribution in [0.5, 0.6) is 0 Å². The highest BCUT2D eigenvalue weighted by molar-refractivity contribution is 6.04. The topological polar surface area (TPSA) is 54.4 Å². The number of aliphatic carboxylic acids is 1. The summed E-state index contributed by atoms with van der Waals surface area (Å²) in [5, 5.41) is 8.87. The summed E-state index contributed by atoms with van der Waals surface area (Å²) in [6.07, 6.45) is 1.72. The normalized spacial score (nSPS) is 18.2. The molecule has 0 bridgehead atoms. The fourth-order valence-electron chi connectivity index (χ4n) is 1.76. The van der Waals surface area contributed by atoms with Crippen LogP contribution in [0.25, 0.3) is 0 Å². The molecule has 72 valence electrons. The Morgan fingerprint density at radius 2 is 2.00 bits per heavy atom. The van der Waals surface area contributed by atoms with Crippen LogP contribution in [-0.4, -0.2) is 16.9 Å². The Labute approximate surface area is 77.4 Å². The summed E-state index contributed by atoms with van der Waals surface area (Å²) in [6, 6.07) is 0. The van der Waals surface area contributed by atoms with Crippen LogP contribution in [0.1, 0.15) is 33.1 Å². The van der Waals surface area contributed by atoms with Gasteiger partial charge in [0.1, 0.15) is 0 Å². The average Bonchev–Trinajstić information content (AvgIpc) is 2.02. The van der Waals surface area contributed by atoms with Crippen molar-refractivity contribution in [3.8, 4) is 0 Å². The summed E-state index contributed by atoms with van der Waals surface area (Å²) < 4.78 is 0. The minimum absolute atomic E-state index is 0.0126. The van der Waals surface area contributed by atoms with Gasteiger partial charge >= 0.3 is 5.97 Å². The summed E-state index contributed by atoms with van der Waals surface area (Å²) in [5.74, 6) is -0.894. The van der Waals surface area contributed by atoms with Crippen LogP contribution in [0.4, 0.5) is 0 Å². The van der Waals surface area contributed by atoms with Gasteiger partial charge in [0.15, 0.2) is 5.78 Å². The molecule has 3 nitrogen and oxygen atoms in total. The van der Waals surface area contributed by atoms with Gasteiger partial charge in [-0.25, -0.2) is 4.79 Å². The third-order valence-corrected chi connectivity index (χ3v) is 2.29. The predicted octanol–water partition coefficient (Wildman–Crippen LogP) is 1.78. The van der Waals surface area contributed by atoms with E-state index in [0.29, 0.717) is 30.4 Å². The molecule has 0 saturated heterocycles. The molecule has 1 N–H and O–H groups in total. The van der Waals surface area contributed by atoms with Crippen molar-refractivity contribution in [1.29, 1.82) is 0 Å². The second-order valence-electron chi connectivity index (χ2n) is 3.63. The van der Waals surface area contributed by atoms with E-state index in [4.69, 9.17) is 5.11 Å². The van der Waals surface area contributed by atoms with E-state index in [-0.39, 0.29) is 11.7 Å². The van der Waals surface area contributed by atoms with Crippen molar-refractivity contribution < 1.29 is 14.7 Å². The summed E-state index contributed by atoms with van der Waals surface area (Å²) in [6.45, 7) is 3.73. The number of allylic oxidation sites excluding steroid dienone is 1. The molecule has 0 amide bonds. The van der Waals surface area contributed by atoms with Crippen LogP contribution in [0.15, 0.2) is 11.1 Å². The molecular formula is C10H14O3. The number of Topliss-reactive ketones (excluding diaryl/α,β-unsaturated/α-hetero) is 1. The highest BCUT2D eigenvalue weighted by Gasteiger charge is 2.26. The van der Waals surface area contributed by atoms with Gasteiger partial charge in [-0.2, -0.15) is 0 Å². The van der Waals surface area contributed by atoms with Gasteiger partial charge in [-0.1, -0.05) is 13.8 Å². The molecule has 13 heavy (non-hydrogen) atoms. The molecule has 0 spiro atoms. The van der Waals surface area contributed by atoms with Crippen LogP contribution >= 0.6 is 0 Å². The molecule has 1 aliphatic carbocycles. The number of hydrogen-bond acceptors (Lipinski definition) is 2. The SMILES string of the molecule is CC(C)C1=C(C(=O)O)CCCC1=O. The third-order valence-electron chi connectivity index (χ3n) is 2.29. The number of hydrogen-bond donors (Lipinski definition) is 1. The minimum atomic E-state index is -0.934. The van der Waals surface area contributed by atoms with E-state index in [1.165, 1.54) is 0 Å². The van der Waals surface area contributed by atoms with Crippen LogP contribution in [0.2, 0.25) is 0 Å². The van der Waals surface area contributed by atoms with Gasteiger partial charge in [0.25, 0.3) is 0 Å². The molecule has 0 aromatic carbocycles. The fraction of sp³-hybridized carbons (Fsp3) is 0.600. The predicted molar refractivity (Wildman–Crippen MR) is 48.4 cm³/mol. The smallest absolute Gasteiger partial charge is 0.331 e. The van der Waals surface area contributed by atoms with Gasteiger partial charge in [-0.05, 0) is 18.8 Å². The quantitative estimate of drug-likeness (QED) is 0.708. The van der Waals surface area contributed by atoms with Crippen molar-refractivity contribution in [2.24, 2.45) is 5.92 Å². The maximum Gasteiger partial charge on any atom is 0.331 e. The maximum absolute atomic E-state index is 11.4. The lowest BCUT2D eigenvalue weighted by atomic mass is 9.84. The first-order chi connectivity index (χ1) is 6.04. The van der Waals surface area contributed by atoms with E-state index in [9.17, 15) is 9.59 Å². The molecule has 0 aromatic rings. The molecule has 0 aliphatic heterocycles. The molecule has 0 heterocycles. The Kier molecular flexibility index (Phi) is 2.86. The van der Waals surface area contributed by atoms with Crippen molar-refractivity contribution >= 4 is 11.8 Å². The van der Waals surface area contributed by atoms with Crippen LogP contribution in [0, 0.1) is 5.92 Å². The van der Waals surface area contributed by atoms with Crippen LogP contribution < -0.4 is 0 Å². The van der Waals surface area contributed by atoms with Crippen molar-refractivity contribution in [2.75, 3.05) is 0 Å². The first-order valence-corrected chi connectivity index (χ1v) is 4.53. The van der Waals surface area contributed by atoms with E-state index in [0.717, 1.165) is 0 Å². The largest absolute Gasteiger partial charge is 0.478 e. The molecule has 3 heteroatoms. The lowest BCUT2D eigenvalue weighted by Gasteiger charge is -2.19. The van der Waals surface area contributed by atoms with Crippen LogP contribution in [-0.2, 0) is 9.59 Å². The second kappa shape index (κ2) is 3.73. The molecule has 1 aliphatic rings. The van der Waals surface area contributed by atoms with Crippen molar-refractivity contribution in [3.63, 3.8) is 0 Å². The zero-order valence-electron chi connectivity index (χ0n) is 7.96. The maximum atomic E-state index is 11.4. The highest BCUT2D eigenvalue weighted by Crippen LogP contribution is 2.27.